The maximum absolute atomic E-state index is 12.7. The molecule has 3 rings (SSSR count). The summed E-state index contributed by atoms with van der Waals surface area (Å²) in [5.74, 6) is 0.789. The van der Waals surface area contributed by atoms with Crippen molar-refractivity contribution in [3.05, 3.63) is 42.0 Å². The van der Waals surface area contributed by atoms with E-state index in [0.717, 1.165) is 54.0 Å². The molecule has 34 heavy (non-hydrogen) atoms. The van der Waals surface area contributed by atoms with E-state index in [1.807, 2.05) is 39.0 Å². The molecule has 1 aliphatic heterocycles. The molecule has 0 aliphatic carbocycles. The van der Waals surface area contributed by atoms with Crippen LogP contribution in [-0.4, -0.2) is 50.8 Å². The maximum Gasteiger partial charge on any atom is 0.412 e. The first kappa shape index (κ1) is 26.5. The monoisotopic (exact) mass is 487 g/mol. The lowest BCUT2D eigenvalue weighted by molar-refractivity contribution is -0.0898. The maximum atomic E-state index is 12.7. The molecular weight excluding hydrogens is 446 g/mol. The highest BCUT2D eigenvalue weighted by atomic mass is 28.3. The second-order valence-electron chi connectivity index (χ2n) is 11.2. The molecule has 1 heterocycles. The summed E-state index contributed by atoms with van der Waals surface area (Å²) in [6.45, 7) is 14.7. The van der Waals surface area contributed by atoms with Crippen LogP contribution in [0.4, 0.5) is 4.79 Å². The molecule has 7 heteroatoms. The average Bonchev–Trinajstić information content (AvgIpc) is 2.75. The van der Waals surface area contributed by atoms with Crippen LogP contribution in [0.15, 0.2) is 36.4 Å². The van der Waals surface area contributed by atoms with E-state index in [9.17, 15) is 4.79 Å². The van der Waals surface area contributed by atoms with Crippen LogP contribution in [0, 0.1) is 0 Å². The van der Waals surface area contributed by atoms with Crippen LogP contribution in [-0.2, 0) is 20.8 Å². The summed E-state index contributed by atoms with van der Waals surface area (Å²) in [6, 6.07) is 13.4. The minimum absolute atomic E-state index is 0.230. The molecule has 1 aliphatic rings. The van der Waals surface area contributed by atoms with Gasteiger partial charge >= 0.3 is 6.09 Å². The zero-order valence-corrected chi connectivity index (χ0v) is 22.7. The Morgan fingerprint density at radius 1 is 1.12 bits per heavy atom. The summed E-state index contributed by atoms with van der Waals surface area (Å²) in [5, 5.41) is 2.14. The first-order chi connectivity index (χ1) is 16.0. The lowest BCUT2D eigenvalue weighted by atomic mass is 10.1. The number of carbonyl (C=O) groups excluding carboxylic acids is 1. The Morgan fingerprint density at radius 2 is 1.88 bits per heavy atom. The number of nitrogens with zero attached hydrogens (tertiary/aromatic N) is 1. The van der Waals surface area contributed by atoms with Gasteiger partial charge in [0.1, 0.15) is 17.6 Å². The van der Waals surface area contributed by atoms with E-state index >= 15 is 0 Å². The number of rotatable bonds is 9. The van der Waals surface area contributed by atoms with Crippen LogP contribution in [0.3, 0.4) is 0 Å². The van der Waals surface area contributed by atoms with Gasteiger partial charge in [0.05, 0.1) is 6.61 Å². The lowest BCUT2D eigenvalue weighted by Crippen LogP contribution is -2.47. The molecule has 1 atom stereocenters. The molecule has 0 saturated carbocycles. The summed E-state index contributed by atoms with van der Waals surface area (Å²) < 4.78 is 23.6. The Hall–Kier alpha value is -2.09. The van der Waals surface area contributed by atoms with Gasteiger partial charge in [0.2, 0.25) is 0 Å². The fourth-order valence-electron chi connectivity index (χ4n) is 3.88. The molecule has 1 amide bonds. The molecule has 0 N–H and O–H groups in total. The molecule has 0 radical (unpaired) electrons. The van der Waals surface area contributed by atoms with Gasteiger partial charge < -0.3 is 18.9 Å². The third-order valence-corrected chi connectivity index (χ3v) is 7.40. The van der Waals surface area contributed by atoms with Gasteiger partial charge in [-0.2, -0.15) is 0 Å². The van der Waals surface area contributed by atoms with E-state index in [1.165, 1.54) is 0 Å². The standard InChI is InChI=1S/C27H41NO5Si/c1-27(2,3)33-26(29)28-14-10-9-13-25(28)31-19-21-17-22-11-7-8-12-23(22)24(18-21)32-20-30-15-16-34(4,5)6/h7-8,11-12,17-18,25H,9-10,13-16,19-20H2,1-6H3. The molecule has 1 fully saturated rings. The zero-order chi connectivity index (χ0) is 24.8. The smallest absolute Gasteiger partial charge is 0.412 e. The molecule has 1 unspecified atom stereocenters. The second kappa shape index (κ2) is 11.6. The molecule has 0 aromatic heterocycles. The predicted octanol–water partition coefficient (Wildman–Crippen LogP) is 6.79. The Kier molecular flexibility index (Phi) is 9.01. The third-order valence-electron chi connectivity index (χ3n) is 5.70. The number of hydrogen-bond donors (Lipinski definition) is 0. The third kappa shape index (κ3) is 8.29. The van der Waals surface area contributed by atoms with E-state index in [-0.39, 0.29) is 19.1 Å². The van der Waals surface area contributed by atoms with Crippen molar-refractivity contribution < 1.29 is 23.7 Å². The lowest BCUT2D eigenvalue weighted by Gasteiger charge is -2.36. The fraction of sp³-hybridized carbons (Fsp3) is 0.593. The number of fused-ring (bicyclic) bond motifs is 1. The van der Waals surface area contributed by atoms with Crippen LogP contribution >= 0.6 is 0 Å². The first-order valence-corrected chi connectivity index (χ1v) is 16.1. The number of piperidine rings is 1. The number of ether oxygens (including phenoxy) is 4. The van der Waals surface area contributed by atoms with Crippen LogP contribution in [0.5, 0.6) is 5.75 Å². The molecule has 2 aromatic rings. The Bertz CT molecular complexity index is 950. The van der Waals surface area contributed by atoms with Crippen molar-refractivity contribution in [1.82, 2.24) is 4.90 Å². The van der Waals surface area contributed by atoms with Crippen molar-refractivity contribution in [1.29, 1.82) is 0 Å². The Morgan fingerprint density at radius 3 is 2.62 bits per heavy atom. The van der Waals surface area contributed by atoms with E-state index in [0.29, 0.717) is 13.2 Å². The van der Waals surface area contributed by atoms with Gasteiger partial charge in [-0.25, -0.2) is 4.79 Å². The first-order valence-electron chi connectivity index (χ1n) is 12.4. The molecule has 6 nitrogen and oxygen atoms in total. The van der Waals surface area contributed by atoms with Gasteiger partial charge in [-0.15, -0.1) is 0 Å². The zero-order valence-electron chi connectivity index (χ0n) is 21.7. The van der Waals surface area contributed by atoms with E-state index < -0.39 is 13.7 Å². The van der Waals surface area contributed by atoms with Crippen molar-refractivity contribution in [2.45, 2.75) is 84.2 Å². The summed E-state index contributed by atoms with van der Waals surface area (Å²) >= 11 is 0. The Balaban J connectivity index is 1.66. The fourth-order valence-corrected chi connectivity index (χ4v) is 4.63. The van der Waals surface area contributed by atoms with Gasteiger partial charge in [0.15, 0.2) is 6.79 Å². The highest BCUT2D eigenvalue weighted by Gasteiger charge is 2.31. The molecular formula is C27H41NO5Si. The van der Waals surface area contributed by atoms with Gasteiger partial charge in [-0.3, -0.25) is 4.90 Å². The summed E-state index contributed by atoms with van der Waals surface area (Å²) in [7, 11) is -1.13. The minimum atomic E-state index is -1.13. The van der Waals surface area contributed by atoms with Crippen LogP contribution < -0.4 is 4.74 Å². The van der Waals surface area contributed by atoms with Crippen molar-refractivity contribution in [3.63, 3.8) is 0 Å². The summed E-state index contributed by atoms with van der Waals surface area (Å²) in [5.41, 5.74) is 0.478. The van der Waals surface area contributed by atoms with Gasteiger partial charge in [-0.05, 0) is 69.2 Å². The van der Waals surface area contributed by atoms with Crippen molar-refractivity contribution >= 4 is 24.9 Å². The number of amides is 1. The van der Waals surface area contributed by atoms with E-state index in [1.54, 1.807) is 4.90 Å². The second-order valence-corrected chi connectivity index (χ2v) is 16.9. The number of benzene rings is 2. The highest BCUT2D eigenvalue weighted by molar-refractivity contribution is 6.76. The predicted molar refractivity (Wildman–Crippen MR) is 139 cm³/mol. The molecule has 0 spiro atoms. The minimum Gasteiger partial charge on any atom is -0.467 e. The summed E-state index contributed by atoms with van der Waals surface area (Å²) in [6.07, 6.45) is 2.20. The number of likely N-dealkylation sites (tertiary alicyclic amines) is 1. The topological polar surface area (TPSA) is 57.2 Å². The van der Waals surface area contributed by atoms with Crippen LogP contribution in [0.25, 0.3) is 10.8 Å². The Labute approximate surface area is 205 Å². The average molecular weight is 488 g/mol. The molecule has 2 aromatic carbocycles. The van der Waals surface area contributed by atoms with Crippen LogP contribution in [0.2, 0.25) is 25.7 Å². The number of carbonyl (C=O) groups is 1. The van der Waals surface area contributed by atoms with E-state index in [4.69, 9.17) is 18.9 Å². The highest BCUT2D eigenvalue weighted by Crippen LogP contribution is 2.29. The SMILES string of the molecule is CC(C)(C)OC(=O)N1CCCCC1OCc1cc(OCOCC[Si](C)(C)C)c2ccccc2c1. The molecule has 1 saturated heterocycles. The van der Waals surface area contributed by atoms with Gasteiger partial charge in [-0.1, -0.05) is 43.9 Å². The van der Waals surface area contributed by atoms with Gasteiger partial charge in [0, 0.05) is 26.6 Å². The normalized spacial score (nSPS) is 17.1. The van der Waals surface area contributed by atoms with E-state index in [2.05, 4.69) is 37.8 Å². The van der Waals surface area contributed by atoms with Crippen LogP contribution in [0.1, 0.15) is 45.6 Å². The van der Waals surface area contributed by atoms with Crippen molar-refractivity contribution in [2.24, 2.45) is 0 Å². The summed E-state index contributed by atoms with van der Waals surface area (Å²) in [4.78, 5) is 14.4. The van der Waals surface area contributed by atoms with Crippen molar-refractivity contribution in [3.8, 4) is 5.75 Å². The number of hydrogen-bond acceptors (Lipinski definition) is 5. The molecule has 188 valence electrons. The largest absolute Gasteiger partial charge is 0.467 e. The van der Waals surface area contributed by atoms with Crippen molar-refractivity contribution in [2.75, 3.05) is 19.9 Å². The quantitative estimate of drug-likeness (QED) is 0.221. The molecule has 0 bridgehead atoms. The van der Waals surface area contributed by atoms with Gasteiger partial charge in [0.25, 0.3) is 0 Å².